The molecule has 0 bridgehead atoms. The molecule has 4 heteroatoms. The zero-order valence-corrected chi connectivity index (χ0v) is 11.7. The van der Waals surface area contributed by atoms with Gasteiger partial charge in [0, 0.05) is 12.0 Å². The molecular weight excluding hydrogens is 257 g/mol. The van der Waals surface area contributed by atoms with E-state index in [2.05, 4.69) is 13.8 Å². The highest BCUT2D eigenvalue weighted by Crippen LogP contribution is 2.35. The number of aliphatic hydroxyl groups excluding tert-OH is 1. The van der Waals surface area contributed by atoms with Crippen molar-refractivity contribution in [1.29, 1.82) is 0 Å². The minimum atomic E-state index is -0.339. The summed E-state index contributed by atoms with van der Waals surface area (Å²) < 4.78 is 0. The van der Waals surface area contributed by atoms with Crippen LogP contribution in [0.15, 0.2) is 18.2 Å². The first-order valence-corrected chi connectivity index (χ1v) is 6.46. The molecule has 0 aromatic heterocycles. The number of hydrogen-bond acceptors (Lipinski definition) is 2. The van der Waals surface area contributed by atoms with E-state index in [0.717, 1.165) is 5.56 Å². The standard InChI is InChI=1S/C13H19Cl2NO/c1-9(2)13(7-16,8-17)6-10-4-3-5-11(14)12(10)15/h3-5,9,17H,6-8,16H2,1-2H3. The molecule has 17 heavy (non-hydrogen) atoms. The Bertz CT molecular complexity index is 376. The summed E-state index contributed by atoms with van der Waals surface area (Å²) in [6, 6.07) is 5.55. The van der Waals surface area contributed by atoms with Gasteiger partial charge in [-0.25, -0.2) is 0 Å². The molecule has 1 unspecified atom stereocenters. The van der Waals surface area contributed by atoms with Crippen LogP contribution in [0.4, 0.5) is 0 Å². The van der Waals surface area contributed by atoms with Gasteiger partial charge in [0.2, 0.25) is 0 Å². The molecule has 1 aromatic carbocycles. The molecule has 0 amide bonds. The SMILES string of the molecule is CC(C)C(CN)(CO)Cc1cccc(Cl)c1Cl. The lowest BCUT2D eigenvalue weighted by atomic mass is 9.73. The van der Waals surface area contributed by atoms with Crippen molar-refractivity contribution in [3.8, 4) is 0 Å². The van der Waals surface area contributed by atoms with E-state index in [9.17, 15) is 5.11 Å². The number of halogens is 2. The molecule has 0 radical (unpaired) electrons. The van der Waals surface area contributed by atoms with Gasteiger partial charge in [-0.05, 0) is 24.0 Å². The van der Waals surface area contributed by atoms with Crippen molar-refractivity contribution in [1.82, 2.24) is 0 Å². The molecule has 1 rings (SSSR count). The topological polar surface area (TPSA) is 46.2 Å². The van der Waals surface area contributed by atoms with Gasteiger partial charge in [-0.2, -0.15) is 0 Å². The molecule has 0 saturated heterocycles. The molecule has 0 heterocycles. The number of hydrogen-bond donors (Lipinski definition) is 2. The highest BCUT2D eigenvalue weighted by Gasteiger charge is 2.32. The Morgan fingerprint density at radius 3 is 2.47 bits per heavy atom. The number of benzene rings is 1. The Hall–Kier alpha value is -0.280. The van der Waals surface area contributed by atoms with Gasteiger partial charge < -0.3 is 10.8 Å². The first kappa shape index (κ1) is 14.8. The second kappa shape index (κ2) is 6.05. The summed E-state index contributed by atoms with van der Waals surface area (Å²) in [7, 11) is 0. The predicted molar refractivity (Wildman–Crippen MR) is 73.6 cm³/mol. The minimum Gasteiger partial charge on any atom is -0.396 e. The first-order chi connectivity index (χ1) is 7.96. The van der Waals surface area contributed by atoms with Crippen LogP contribution < -0.4 is 5.73 Å². The number of nitrogens with two attached hydrogens (primary N) is 1. The van der Waals surface area contributed by atoms with E-state index >= 15 is 0 Å². The average molecular weight is 276 g/mol. The zero-order valence-electron chi connectivity index (χ0n) is 10.2. The summed E-state index contributed by atoms with van der Waals surface area (Å²) in [6.45, 7) is 4.58. The second-order valence-corrected chi connectivity index (χ2v) is 5.55. The summed E-state index contributed by atoms with van der Waals surface area (Å²) in [4.78, 5) is 0. The normalized spacial score (nSPS) is 15.0. The third-order valence-electron chi connectivity index (χ3n) is 3.52. The molecule has 3 N–H and O–H groups in total. The van der Waals surface area contributed by atoms with E-state index in [1.165, 1.54) is 0 Å². The number of rotatable bonds is 5. The Morgan fingerprint density at radius 2 is 2.00 bits per heavy atom. The van der Waals surface area contributed by atoms with Crippen molar-refractivity contribution >= 4 is 23.2 Å². The van der Waals surface area contributed by atoms with Crippen LogP contribution in [0.1, 0.15) is 19.4 Å². The molecule has 0 aliphatic carbocycles. The van der Waals surface area contributed by atoms with Crippen molar-refractivity contribution in [2.24, 2.45) is 17.1 Å². The maximum Gasteiger partial charge on any atom is 0.0624 e. The quantitative estimate of drug-likeness (QED) is 0.868. The third kappa shape index (κ3) is 3.14. The minimum absolute atomic E-state index is 0.0456. The summed E-state index contributed by atoms with van der Waals surface area (Å²) >= 11 is 12.1. The summed E-state index contributed by atoms with van der Waals surface area (Å²) in [5, 5.41) is 10.7. The molecule has 2 nitrogen and oxygen atoms in total. The van der Waals surface area contributed by atoms with Crippen LogP contribution in [0, 0.1) is 11.3 Å². The fourth-order valence-electron chi connectivity index (χ4n) is 1.88. The summed E-state index contributed by atoms with van der Waals surface area (Å²) in [6.07, 6.45) is 0.636. The van der Waals surface area contributed by atoms with Crippen LogP contribution in [-0.2, 0) is 6.42 Å². The molecule has 96 valence electrons. The van der Waals surface area contributed by atoms with Gasteiger partial charge in [0.15, 0.2) is 0 Å². The van der Waals surface area contributed by atoms with E-state index < -0.39 is 0 Å². The highest BCUT2D eigenvalue weighted by molar-refractivity contribution is 6.42. The summed E-state index contributed by atoms with van der Waals surface area (Å²) in [5.74, 6) is 0.271. The van der Waals surface area contributed by atoms with Crippen molar-refractivity contribution in [2.75, 3.05) is 13.2 Å². The van der Waals surface area contributed by atoms with Crippen LogP contribution in [0.5, 0.6) is 0 Å². The Balaban J connectivity index is 3.06. The molecule has 1 aromatic rings. The average Bonchev–Trinajstić information content (AvgIpc) is 2.31. The monoisotopic (exact) mass is 275 g/mol. The van der Waals surface area contributed by atoms with E-state index in [1.807, 2.05) is 12.1 Å². The maximum atomic E-state index is 9.61. The van der Waals surface area contributed by atoms with E-state index in [-0.39, 0.29) is 17.9 Å². The van der Waals surface area contributed by atoms with Crippen molar-refractivity contribution in [3.63, 3.8) is 0 Å². The van der Waals surface area contributed by atoms with Crippen LogP contribution >= 0.6 is 23.2 Å². The smallest absolute Gasteiger partial charge is 0.0624 e. The van der Waals surface area contributed by atoms with Crippen LogP contribution in [0.3, 0.4) is 0 Å². The fourth-order valence-corrected chi connectivity index (χ4v) is 2.27. The fraction of sp³-hybridized carbons (Fsp3) is 0.538. The lowest BCUT2D eigenvalue weighted by Gasteiger charge is -2.35. The van der Waals surface area contributed by atoms with Gasteiger partial charge in [0.1, 0.15) is 0 Å². The Morgan fingerprint density at radius 1 is 1.35 bits per heavy atom. The van der Waals surface area contributed by atoms with E-state index in [0.29, 0.717) is 23.0 Å². The Labute approximate surface area is 113 Å². The number of aliphatic hydroxyl groups is 1. The van der Waals surface area contributed by atoms with E-state index in [4.69, 9.17) is 28.9 Å². The predicted octanol–water partition coefficient (Wildman–Crippen LogP) is 3.13. The Kier molecular flexibility index (Phi) is 5.26. The largest absolute Gasteiger partial charge is 0.396 e. The zero-order chi connectivity index (χ0) is 13.1. The van der Waals surface area contributed by atoms with Crippen molar-refractivity contribution in [3.05, 3.63) is 33.8 Å². The first-order valence-electron chi connectivity index (χ1n) is 5.70. The van der Waals surface area contributed by atoms with Gasteiger partial charge in [-0.1, -0.05) is 49.2 Å². The van der Waals surface area contributed by atoms with Crippen molar-refractivity contribution < 1.29 is 5.11 Å². The lowest BCUT2D eigenvalue weighted by Crippen LogP contribution is -2.41. The van der Waals surface area contributed by atoms with Gasteiger partial charge in [0.05, 0.1) is 16.7 Å². The summed E-state index contributed by atoms with van der Waals surface area (Å²) in [5.41, 5.74) is 6.42. The van der Waals surface area contributed by atoms with Gasteiger partial charge >= 0.3 is 0 Å². The molecule has 1 atom stereocenters. The molecular formula is C13H19Cl2NO. The second-order valence-electron chi connectivity index (χ2n) is 4.77. The van der Waals surface area contributed by atoms with Gasteiger partial charge in [-0.15, -0.1) is 0 Å². The molecule has 0 fully saturated rings. The maximum absolute atomic E-state index is 9.61. The van der Waals surface area contributed by atoms with Crippen LogP contribution in [-0.4, -0.2) is 18.3 Å². The van der Waals surface area contributed by atoms with E-state index in [1.54, 1.807) is 6.07 Å². The highest BCUT2D eigenvalue weighted by atomic mass is 35.5. The van der Waals surface area contributed by atoms with Crippen LogP contribution in [0.2, 0.25) is 10.0 Å². The van der Waals surface area contributed by atoms with Gasteiger partial charge in [0.25, 0.3) is 0 Å². The lowest BCUT2D eigenvalue weighted by molar-refractivity contribution is 0.0843. The van der Waals surface area contributed by atoms with Gasteiger partial charge in [-0.3, -0.25) is 0 Å². The van der Waals surface area contributed by atoms with Crippen molar-refractivity contribution in [2.45, 2.75) is 20.3 Å². The molecule has 0 saturated carbocycles. The molecule has 0 aliphatic heterocycles. The molecule has 0 aliphatic rings. The third-order valence-corrected chi connectivity index (χ3v) is 4.38. The van der Waals surface area contributed by atoms with Crippen LogP contribution in [0.25, 0.3) is 0 Å². The molecule has 0 spiro atoms.